The third kappa shape index (κ3) is 8.56. The summed E-state index contributed by atoms with van der Waals surface area (Å²) in [6.07, 6.45) is 19.0. The van der Waals surface area contributed by atoms with Crippen LogP contribution in [0.3, 0.4) is 0 Å². The van der Waals surface area contributed by atoms with E-state index in [0.717, 1.165) is 6.16 Å². The van der Waals surface area contributed by atoms with Crippen molar-refractivity contribution in [3.05, 3.63) is 63.7 Å². The Morgan fingerprint density at radius 2 is 1.18 bits per heavy atom. The zero-order valence-electron chi connectivity index (χ0n) is 9.51. The maximum Gasteiger partial charge on any atom is 2.00 e. The SMILES string of the molecule is OCP(CO)C[C]1[CH][CH][CH][CH]1.[CH]1[CH][CH][CH][CH]1.[Fe+2]. The summed E-state index contributed by atoms with van der Waals surface area (Å²) in [7, 11) is -0.596. The topological polar surface area (TPSA) is 40.5 Å². The normalized spacial score (nSPS) is 19.9. The van der Waals surface area contributed by atoms with Crippen LogP contribution in [0.4, 0.5) is 0 Å². The Morgan fingerprint density at radius 1 is 0.765 bits per heavy atom. The Bertz CT molecular complexity index is 148. The molecule has 0 spiro atoms. The zero-order chi connectivity index (χ0) is 11.6. The average Bonchev–Trinajstić information content (AvgIpc) is 3.01. The molecule has 0 bridgehead atoms. The Labute approximate surface area is 118 Å². The average molecular weight is 292 g/mol. The third-order valence-corrected chi connectivity index (χ3v) is 3.71. The van der Waals surface area contributed by atoms with Gasteiger partial charge in [-0.05, 0) is 69.9 Å². The summed E-state index contributed by atoms with van der Waals surface area (Å²) in [5, 5.41) is 17.6. The smallest absolute Gasteiger partial charge is 0.392 e. The Balaban J connectivity index is 0.000000360. The second-order valence-electron chi connectivity index (χ2n) is 3.37. The van der Waals surface area contributed by atoms with E-state index in [1.807, 2.05) is 57.8 Å². The van der Waals surface area contributed by atoms with E-state index in [0.29, 0.717) is 0 Å². The van der Waals surface area contributed by atoms with Gasteiger partial charge in [-0.15, -0.1) is 0 Å². The minimum Gasteiger partial charge on any atom is -0.392 e. The van der Waals surface area contributed by atoms with Gasteiger partial charge in [0.15, 0.2) is 0 Å². The van der Waals surface area contributed by atoms with Gasteiger partial charge in [0.1, 0.15) is 0 Å². The molecule has 2 fully saturated rings. The van der Waals surface area contributed by atoms with Crippen LogP contribution in [-0.4, -0.2) is 29.1 Å². The molecule has 4 heteroatoms. The molecule has 0 aliphatic heterocycles. The first-order chi connectivity index (χ1) is 7.86. The maximum absolute atomic E-state index is 8.79. The fourth-order valence-corrected chi connectivity index (χ4v) is 2.26. The van der Waals surface area contributed by atoms with E-state index in [1.54, 1.807) is 0 Å². The molecule has 2 aliphatic carbocycles. The molecule has 2 N–H and O–H groups in total. The number of rotatable bonds is 4. The quantitative estimate of drug-likeness (QED) is 0.612. The van der Waals surface area contributed by atoms with Crippen molar-refractivity contribution in [1.82, 2.24) is 0 Å². The molecule has 0 saturated heterocycles. The van der Waals surface area contributed by atoms with Gasteiger partial charge >= 0.3 is 17.1 Å². The molecular formula is C13H17FeO2P+2. The van der Waals surface area contributed by atoms with Crippen LogP contribution in [0.15, 0.2) is 0 Å². The molecule has 0 atom stereocenters. The van der Waals surface area contributed by atoms with Crippen molar-refractivity contribution in [3.63, 3.8) is 0 Å². The van der Waals surface area contributed by atoms with Crippen LogP contribution in [0, 0.1) is 63.7 Å². The summed E-state index contributed by atoms with van der Waals surface area (Å²) in [5.41, 5.74) is 0. The maximum atomic E-state index is 8.79. The Kier molecular flexibility index (Phi) is 12.5. The summed E-state index contributed by atoms with van der Waals surface area (Å²) in [4.78, 5) is 0. The van der Waals surface area contributed by atoms with Crippen molar-refractivity contribution in [2.24, 2.45) is 0 Å². The first-order valence-electron chi connectivity index (χ1n) is 5.18. The molecule has 0 heterocycles. The molecular weight excluding hydrogens is 275 g/mol. The van der Waals surface area contributed by atoms with E-state index in [1.165, 1.54) is 5.92 Å². The van der Waals surface area contributed by atoms with Crippen molar-refractivity contribution in [1.29, 1.82) is 0 Å². The van der Waals surface area contributed by atoms with Gasteiger partial charge in [0.25, 0.3) is 0 Å². The van der Waals surface area contributed by atoms with Gasteiger partial charge in [-0.25, -0.2) is 0 Å². The van der Waals surface area contributed by atoms with Crippen LogP contribution in [0.25, 0.3) is 0 Å². The van der Waals surface area contributed by atoms with Gasteiger partial charge in [0.05, 0.1) is 12.7 Å². The molecule has 0 aromatic rings. The van der Waals surface area contributed by atoms with Crippen molar-refractivity contribution in [2.45, 2.75) is 0 Å². The molecule has 17 heavy (non-hydrogen) atoms. The second-order valence-corrected chi connectivity index (χ2v) is 5.59. The van der Waals surface area contributed by atoms with Gasteiger partial charge in [-0.3, -0.25) is 0 Å². The number of hydrogen-bond donors (Lipinski definition) is 2. The van der Waals surface area contributed by atoms with Crippen molar-refractivity contribution in [3.8, 4) is 0 Å². The van der Waals surface area contributed by atoms with Gasteiger partial charge < -0.3 is 10.2 Å². The van der Waals surface area contributed by atoms with Crippen LogP contribution < -0.4 is 0 Å². The standard InChI is InChI=1S/C8H12O2P.C5H5.Fe/c9-6-11(7-10)5-8-3-1-2-4-8;1-2-4-5-3-1;/h1-4,9-10H,5-7H2;1-5H;/q;;+2. The fraction of sp³-hybridized carbons (Fsp3) is 0.231. The number of aliphatic hydroxyl groups is 2. The van der Waals surface area contributed by atoms with Gasteiger partial charge in [0.2, 0.25) is 0 Å². The van der Waals surface area contributed by atoms with Crippen LogP contribution in [0.1, 0.15) is 0 Å². The largest absolute Gasteiger partial charge is 2.00 e. The minimum atomic E-state index is -0.596. The van der Waals surface area contributed by atoms with Crippen molar-refractivity contribution >= 4 is 7.92 Å². The molecule has 0 aromatic heterocycles. The van der Waals surface area contributed by atoms with E-state index in [4.69, 9.17) is 10.2 Å². The first-order valence-corrected chi connectivity index (χ1v) is 7.08. The van der Waals surface area contributed by atoms with Crippen molar-refractivity contribution in [2.75, 3.05) is 18.9 Å². The van der Waals surface area contributed by atoms with E-state index in [-0.39, 0.29) is 29.8 Å². The number of aliphatic hydroxyl groups excluding tert-OH is 2. The molecule has 2 saturated carbocycles. The van der Waals surface area contributed by atoms with E-state index < -0.39 is 7.92 Å². The summed E-state index contributed by atoms with van der Waals surface area (Å²) >= 11 is 0. The first kappa shape index (κ1) is 17.9. The van der Waals surface area contributed by atoms with E-state index in [9.17, 15) is 0 Å². The zero-order valence-corrected chi connectivity index (χ0v) is 11.5. The monoisotopic (exact) mass is 292 g/mol. The predicted octanol–water partition coefficient (Wildman–Crippen LogP) is 1.79. The Morgan fingerprint density at radius 3 is 1.53 bits per heavy atom. The summed E-state index contributed by atoms with van der Waals surface area (Å²) in [6, 6.07) is 0. The number of hydrogen-bond acceptors (Lipinski definition) is 2. The summed E-state index contributed by atoms with van der Waals surface area (Å²) in [6.45, 7) is 0. The van der Waals surface area contributed by atoms with Crippen LogP contribution in [-0.2, 0) is 17.1 Å². The van der Waals surface area contributed by atoms with Gasteiger partial charge in [-0.2, -0.15) is 0 Å². The third-order valence-electron chi connectivity index (χ3n) is 2.09. The summed E-state index contributed by atoms with van der Waals surface area (Å²) < 4.78 is 0. The van der Waals surface area contributed by atoms with E-state index in [2.05, 4.69) is 0 Å². The molecule has 92 valence electrons. The predicted molar refractivity (Wildman–Crippen MR) is 67.9 cm³/mol. The molecule has 0 amide bonds. The molecule has 2 rings (SSSR count). The van der Waals surface area contributed by atoms with Gasteiger partial charge in [-0.1, -0.05) is 7.92 Å². The summed E-state index contributed by atoms with van der Waals surface area (Å²) in [5.74, 6) is 1.21. The second kappa shape index (κ2) is 11.9. The van der Waals surface area contributed by atoms with E-state index >= 15 is 0 Å². The fourth-order valence-electron chi connectivity index (χ4n) is 1.24. The van der Waals surface area contributed by atoms with Crippen LogP contribution in [0.2, 0.25) is 0 Å². The van der Waals surface area contributed by atoms with Crippen LogP contribution >= 0.6 is 7.92 Å². The minimum absolute atomic E-state index is 0. The van der Waals surface area contributed by atoms with Gasteiger partial charge in [0, 0.05) is 0 Å². The Hall–Kier alpha value is 0.869. The molecule has 2 nitrogen and oxygen atoms in total. The van der Waals surface area contributed by atoms with Crippen molar-refractivity contribution < 1.29 is 27.3 Å². The molecule has 0 unspecified atom stereocenters. The molecule has 0 aromatic carbocycles. The molecule has 10 radical (unpaired) electrons. The van der Waals surface area contributed by atoms with Crippen LogP contribution in [0.5, 0.6) is 0 Å². The molecule has 2 aliphatic rings.